The number of hydrogen-bond acceptors (Lipinski definition) is 4. The van der Waals surface area contributed by atoms with Crippen LogP contribution in [0.25, 0.3) is 0 Å². The lowest BCUT2D eigenvalue weighted by Gasteiger charge is -2.16. The molecule has 84 valence electrons. The zero-order chi connectivity index (χ0) is 11.4. The van der Waals surface area contributed by atoms with E-state index in [1.165, 1.54) is 0 Å². The number of rotatable bonds is 4. The summed E-state index contributed by atoms with van der Waals surface area (Å²) in [6.07, 6.45) is 1.85. The molecular weight excluding hydrogens is 192 g/mol. The molecule has 0 fully saturated rings. The van der Waals surface area contributed by atoms with Gasteiger partial charge in [0.2, 0.25) is 0 Å². The van der Waals surface area contributed by atoms with E-state index in [2.05, 4.69) is 6.92 Å². The zero-order valence-corrected chi connectivity index (χ0v) is 9.46. The summed E-state index contributed by atoms with van der Waals surface area (Å²) in [5, 5.41) is 0. The molecule has 0 atom stereocenters. The third-order valence-electron chi connectivity index (χ3n) is 2.31. The minimum absolute atomic E-state index is 0.506. The number of nitrogens with two attached hydrogens (primary N) is 2. The van der Waals surface area contributed by atoms with Crippen LogP contribution in [-0.2, 0) is 6.42 Å². The number of nitrogen functional groups attached to an aromatic ring is 2. The minimum atomic E-state index is 0.506. The fraction of sp³-hybridized carbons (Fsp3) is 0.455. The molecule has 0 spiro atoms. The molecule has 1 rings (SSSR count). The summed E-state index contributed by atoms with van der Waals surface area (Å²) in [7, 11) is 3.16. The molecule has 0 unspecified atom stereocenters. The maximum atomic E-state index is 5.89. The molecule has 4 heteroatoms. The number of ether oxygens (including phenoxy) is 2. The van der Waals surface area contributed by atoms with Crippen molar-refractivity contribution in [3.05, 3.63) is 11.6 Å². The summed E-state index contributed by atoms with van der Waals surface area (Å²) >= 11 is 0. The van der Waals surface area contributed by atoms with Crippen LogP contribution in [0.15, 0.2) is 6.07 Å². The molecule has 0 aromatic heterocycles. The van der Waals surface area contributed by atoms with E-state index in [0.717, 1.165) is 18.4 Å². The van der Waals surface area contributed by atoms with Crippen molar-refractivity contribution >= 4 is 11.4 Å². The Morgan fingerprint density at radius 1 is 1.07 bits per heavy atom. The Hall–Kier alpha value is -1.58. The molecule has 4 N–H and O–H groups in total. The van der Waals surface area contributed by atoms with Crippen LogP contribution in [0, 0.1) is 0 Å². The van der Waals surface area contributed by atoms with Gasteiger partial charge in [0, 0.05) is 11.3 Å². The van der Waals surface area contributed by atoms with Crippen molar-refractivity contribution in [3.8, 4) is 11.5 Å². The maximum absolute atomic E-state index is 5.89. The molecule has 15 heavy (non-hydrogen) atoms. The van der Waals surface area contributed by atoms with Gasteiger partial charge in [-0.2, -0.15) is 0 Å². The molecule has 0 heterocycles. The van der Waals surface area contributed by atoms with E-state index in [4.69, 9.17) is 20.9 Å². The van der Waals surface area contributed by atoms with E-state index in [1.54, 1.807) is 20.3 Å². The van der Waals surface area contributed by atoms with Gasteiger partial charge >= 0.3 is 0 Å². The monoisotopic (exact) mass is 210 g/mol. The predicted octanol–water partition coefficient (Wildman–Crippen LogP) is 1.82. The molecule has 0 saturated carbocycles. The molecule has 0 radical (unpaired) electrons. The van der Waals surface area contributed by atoms with Gasteiger partial charge in [-0.05, 0) is 12.5 Å². The second-order valence-electron chi connectivity index (χ2n) is 3.35. The molecule has 0 aliphatic heterocycles. The lowest BCUT2D eigenvalue weighted by Crippen LogP contribution is -2.04. The Balaban J connectivity index is 3.35. The lowest BCUT2D eigenvalue weighted by atomic mass is 10.0. The van der Waals surface area contributed by atoms with Crippen molar-refractivity contribution in [2.24, 2.45) is 0 Å². The van der Waals surface area contributed by atoms with Crippen molar-refractivity contribution < 1.29 is 9.47 Å². The highest BCUT2D eigenvalue weighted by molar-refractivity contribution is 5.72. The number of methoxy groups -OCH3 is 2. The summed E-state index contributed by atoms with van der Waals surface area (Å²) in [6.45, 7) is 2.09. The van der Waals surface area contributed by atoms with Gasteiger partial charge < -0.3 is 20.9 Å². The largest absolute Gasteiger partial charge is 0.492 e. The molecule has 1 aromatic rings. The normalized spacial score (nSPS) is 10.1. The van der Waals surface area contributed by atoms with Gasteiger partial charge in [-0.15, -0.1) is 0 Å². The van der Waals surface area contributed by atoms with Gasteiger partial charge in [0.15, 0.2) is 11.5 Å². The molecule has 1 aromatic carbocycles. The first-order chi connectivity index (χ1) is 7.15. The van der Waals surface area contributed by atoms with Crippen LogP contribution in [-0.4, -0.2) is 14.2 Å². The Kier molecular flexibility index (Phi) is 3.66. The van der Waals surface area contributed by atoms with Gasteiger partial charge in [-0.3, -0.25) is 0 Å². The van der Waals surface area contributed by atoms with Crippen LogP contribution in [0.2, 0.25) is 0 Å². The molecule has 0 aliphatic carbocycles. The van der Waals surface area contributed by atoms with Crippen LogP contribution >= 0.6 is 0 Å². The van der Waals surface area contributed by atoms with E-state index in [1.807, 2.05) is 0 Å². The highest BCUT2D eigenvalue weighted by Crippen LogP contribution is 2.40. The van der Waals surface area contributed by atoms with Gasteiger partial charge in [-0.25, -0.2) is 0 Å². The summed E-state index contributed by atoms with van der Waals surface area (Å²) in [4.78, 5) is 0. The number of anilines is 2. The van der Waals surface area contributed by atoms with Gasteiger partial charge in [0.1, 0.15) is 0 Å². The SMILES string of the molecule is CCCc1c(N)cc(N)c(OC)c1OC. The van der Waals surface area contributed by atoms with E-state index in [9.17, 15) is 0 Å². The van der Waals surface area contributed by atoms with Crippen LogP contribution in [0.4, 0.5) is 11.4 Å². The van der Waals surface area contributed by atoms with E-state index in [0.29, 0.717) is 22.9 Å². The maximum Gasteiger partial charge on any atom is 0.184 e. The highest BCUT2D eigenvalue weighted by Gasteiger charge is 2.16. The Morgan fingerprint density at radius 2 is 1.67 bits per heavy atom. The summed E-state index contributed by atoms with van der Waals surface area (Å²) in [5.74, 6) is 1.21. The fourth-order valence-corrected chi connectivity index (χ4v) is 1.65. The summed E-state index contributed by atoms with van der Waals surface area (Å²) in [5.41, 5.74) is 13.8. The fourth-order valence-electron chi connectivity index (χ4n) is 1.65. The summed E-state index contributed by atoms with van der Waals surface area (Å²) in [6, 6.07) is 1.71. The third kappa shape index (κ3) is 2.09. The van der Waals surface area contributed by atoms with Gasteiger partial charge in [0.25, 0.3) is 0 Å². The predicted molar refractivity (Wildman–Crippen MR) is 62.4 cm³/mol. The van der Waals surface area contributed by atoms with Crippen molar-refractivity contribution in [1.29, 1.82) is 0 Å². The van der Waals surface area contributed by atoms with Crippen molar-refractivity contribution in [3.63, 3.8) is 0 Å². The zero-order valence-electron chi connectivity index (χ0n) is 9.46. The Bertz CT molecular complexity index is 351. The second-order valence-corrected chi connectivity index (χ2v) is 3.35. The highest BCUT2D eigenvalue weighted by atomic mass is 16.5. The van der Waals surface area contributed by atoms with Crippen molar-refractivity contribution in [2.75, 3.05) is 25.7 Å². The smallest absolute Gasteiger partial charge is 0.184 e. The van der Waals surface area contributed by atoms with Crippen molar-refractivity contribution in [2.45, 2.75) is 19.8 Å². The number of hydrogen-bond donors (Lipinski definition) is 2. The Labute approximate surface area is 90.2 Å². The Morgan fingerprint density at radius 3 is 2.13 bits per heavy atom. The summed E-state index contributed by atoms with van der Waals surface area (Å²) < 4.78 is 10.5. The minimum Gasteiger partial charge on any atom is -0.492 e. The average molecular weight is 210 g/mol. The van der Waals surface area contributed by atoms with Gasteiger partial charge in [-0.1, -0.05) is 13.3 Å². The van der Waals surface area contributed by atoms with Crippen LogP contribution in [0.5, 0.6) is 11.5 Å². The quantitative estimate of drug-likeness (QED) is 0.744. The standard InChI is InChI=1S/C11H18N2O2/c1-4-5-7-8(12)6-9(13)11(15-3)10(7)14-2/h6H,4-5,12-13H2,1-3H3. The molecule has 0 bridgehead atoms. The topological polar surface area (TPSA) is 70.5 Å². The first-order valence-corrected chi connectivity index (χ1v) is 4.94. The molecular formula is C11H18N2O2. The van der Waals surface area contributed by atoms with E-state index < -0.39 is 0 Å². The van der Waals surface area contributed by atoms with Crippen LogP contribution in [0.3, 0.4) is 0 Å². The third-order valence-corrected chi connectivity index (χ3v) is 2.31. The lowest BCUT2D eigenvalue weighted by molar-refractivity contribution is 0.353. The van der Waals surface area contributed by atoms with Crippen molar-refractivity contribution in [1.82, 2.24) is 0 Å². The van der Waals surface area contributed by atoms with E-state index in [-0.39, 0.29) is 0 Å². The molecule has 0 aliphatic rings. The van der Waals surface area contributed by atoms with Crippen LogP contribution < -0.4 is 20.9 Å². The second kappa shape index (κ2) is 4.77. The number of benzene rings is 1. The van der Waals surface area contributed by atoms with E-state index >= 15 is 0 Å². The molecule has 4 nitrogen and oxygen atoms in total. The first kappa shape index (κ1) is 11.5. The molecule has 0 amide bonds. The average Bonchev–Trinajstić information content (AvgIpc) is 2.21. The first-order valence-electron chi connectivity index (χ1n) is 4.94. The van der Waals surface area contributed by atoms with Gasteiger partial charge in [0.05, 0.1) is 19.9 Å². The van der Waals surface area contributed by atoms with Crippen LogP contribution in [0.1, 0.15) is 18.9 Å². The molecule has 0 saturated heterocycles.